The average molecular weight is 177 g/mol. The summed E-state index contributed by atoms with van der Waals surface area (Å²) in [6.07, 6.45) is -2.00. The molecule has 0 fully saturated rings. The normalized spacial score (nSPS) is 14.8. The van der Waals surface area contributed by atoms with E-state index in [0.717, 1.165) is 13.0 Å². The summed E-state index contributed by atoms with van der Waals surface area (Å²) in [4.78, 5) is 3.44. The molecule has 0 atom stereocenters. The van der Waals surface area contributed by atoms with E-state index in [1.807, 2.05) is 0 Å². The number of halogens is 3. The fourth-order valence-electron chi connectivity index (χ4n) is 0.393. The van der Waals surface area contributed by atoms with Crippen LogP contribution in [0.5, 0.6) is 0 Å². The van der Waals surface area contributed by atoms with Gasteiger partial charge in [0.15, 0.2) is 0 Å². The quantitative estimate of drug-likeness (QED) is 0.454. The van der Waals surface area contributed by atoms with Crippen LogP contribution in [0.4, 0.5) is 13.2 Å². The number of hydrogen-bond donors (Lipinski definition) is 0. The first kappa shape index (κ1) is 10.9. The Morgan fingerprint density at radius 3 is 2.08 bits per heavy atom. The Hall–Kier alpha value is -1.06. The minimum atomic E-state index is -4.25. The van der Waals surface area contributed by atoms with Crippen LogP contribution in [0.3, 0.4) is 0 Å². The molecule has 0 radical (unpaired) electrons. The van der Waals surface area contributed by atoms with Gasteiger partial charge in [-0.1, -0.05) is 6.08 Å². The lowest BCUT2D eigenvalue weighted by atomic mass is 10.2. The molecule has 0 saturated carbocycles. The third-order valence-electron chi connectivity index (χ3n) is 1.27. The zero-order chi connectivity index (χ0) is 9.78. The van der Waals surface area contributed by atoms with E-state index in [-0.39, 0.29) is 0 Å². The summed E-state index contributed by atoms with van der Waals surface area (Å²) in [5.41, 5.74) is -0.191. The number of hydrogen-bond acceptors (Lipinski definition) is 1. The second-order valence-corrected chi connectivity index (χ2v) is 2.31. The van der Waals surface area contributed by atoms with Crippen LogP contribution in [0.25, 0.3) is 0 Å². The second kappa shape index (κ2) is 4.09. The molecule has 0 unspecified atom stereocenters. The van der Waals surface area contributed by atoms with Crippen molar-refractivity contribution in [3.63, 3.8) is 0 Å². The van der Waals surface area contributed by atoms with Gasteiger partial charge in [-0.05, 0) is 26.6 Å². The van der Waals surface area contributed by atoms with Crippen molar-refractivity contribution >= 4 is 6.72 Å². The largest absolute Gasteiger partial charge is 0.412 e. The fraction of sp³-hybridized carbons (Fsp3) is 0.375. The first-order valence-electron chi connectivity index (χ1n) is 3.27. The lowest BCUT2D eigenvalue weighted by molar-refractivity contribution is -0.0912. The molecule has 0 aromatic rings. The highest BCUT2D eigenvalue weighted by Crippen LogP contribution is 2.24. The first-order chi connectivity index (χ1) is 5.38. The maximum absolute atomic E-state index is 11.9. The zero-order valence-corrected chi connectivity index (χ0v) is 6.94. The molecule has 4 heteroatoms. The lowest BCUT2D eigenvalue weighted by Gasteiger charge is -2.04. The SMILES string of the molecule is C=N/C(C)=C\C=C(/C)C(F)(F)F. The third kappa shape index (κ3) is 3.95. The first-order valence-corrected chi connectivity index (χ1v) is 3.27. The maximum Gasteiger partial charge on any atom is 0.412 e. The van der Waals surface area contributed by atoms with Crippen LogP contribution in [-0.4, -0.2) is 12.9 Å². The van der Waals surface area contributed by atoms with E-state index in [2.05, 4.69) is 11.7 Å². The Morgan fingerprint density at radius 2 is 1.75 bits per heavy atom. The van der Waals surface area contributed by atoms with E-state index in [1.54, 1.807) is 6.92 Å². The summed E-state index contributed by atoms with van der Waals surface area (Å²) in [7, 11) is 0. The van der Waals surface area contributed by atoms with Gasteiger partial charge < -0.3 is 0 Å². The third-order valence-corrected chi connectivity index (χ3v) is 1.27. The molecule has 0 amide bonds. The van der Waals surface area contributed by atoms with E-state index in [1.165, 1.54) is 6.08 Å². The van der Waals surface area contributed by atoms with Gasteiger partial charge in [-0.2, -0.15) is 13.2 Å². The Balaban J connectivity index is 4.49. The van der Waals surface area contributed by atoms with E-state index in [0.29, 0.717) is 5.70 Å². The minimum absolute atomic E-state index is 0.457. The Bertz CT molecular complexity index is 223. The van der Waals surface area contributed by atoms with Gasteiger partial charge in [0, 0.05) is 11.3 Å². The Kier molecular flexibility index (Phi) is 3.73. The van der Waals surface area contributed by atoms with Crippen LogP contribution in [-0.2, 0) is 0 Å². The predicted molar refractivity (Wildman–Crippen MR) is 43.1 cm³/mol. The Morgan fingerprint density at radius 1 is 1.25 bits per heavy atom. The highest BCUT2D eigenvalue weighted by atomic mass is 19.4. The summed E-state index contributed by atoms with van der Waals surface area (Å²) in [5, 5.41) is 0. The zero-order valence-electron chi connectivity index (χ0n) is 6.94. The van der Waals surface area contributed by atoms with Gasteiger partial charge in [-0.15, -0.1) is 0 Å². The van der Waals surface area contributed by atoms with Crippen LogP contribution in [0.2, 0.25) is 0 Å². The average Bonchev–Trinajstić information content (AvgIpc) is 1.97. The number of allylic oxidation sites excluding steroid dienone is 4. The van der Waals surface area contributed by atoms with E-state index < -0.39 is 11.7 Å². The van der Waals surface area contributed by atoms with Gasteiger partial charge in [0.25, 0.3) is 0 Å². The number of rotatable bonds is 2. The Labute approximate surface area is 69.3 Å². The van der Waals surface area contributed by atoms with Gasteiger partial charge in [0.2, 0.25) is 0 Å². The smallest absolute Gasteiger partial charge is 0.269 e. The second-order valence-electron chi connectivity index (χ2n) is 2.31. The maximum atomic E-state index is 11.9. The highest BCUT2D eigenvalue weighted by molar-refractivity contribution is 5.30. The van der Waals surface area contributed by atoms with E-state index in [9.17, 15) is 13.2 Å². The van der Waals surface area contributed by atoms with Gasteiger partial charge in [-0.3, -0.25) is 4.99 Å². The molecule has 0 rings (SSSR count). The molecule has 0 N–H and O–H groups in total. The molecule has 0 spiro atoms. The summed E-state index contributed by atoms with van der Waals surface area (Å²) in [6, 6.07) is 0. The van der Waals surface area contributed by atoms with Crippen molar-refractivity contribution in [3.05, 3.63) is 23.4 Å². The minimum Gasteiger partial charge on any atom is -0.269 e. The molecular formula is C8H10F3N. The molecule has 0 aliphatic heterocycles. The van der Waals surface area contributed by atoms with Gasteiger partial charge in [0.05, 0.1) is 0 Å². The van der Waals surface area contributed by atoms with Crippen molar-refractivity contribution in [1.82, 2.24) is 0 Å². The van der Waals surface area contributed by atoms with Crippen molar-refractivity contribution in [1.29, 1.82) is 0 Å². The molecule has 12 heavy (non-hydrogen) atoms. The van der Waals surface area contributed by atoms with Crippen LogP contribution < -0.4 is 0 Å². The summed E-state index contributed by atoms with van der Waals surface area (Å²) in [5.74, 6) is 0. The van der Waals surface area contributed by atoms with Gasteiger partial charge in [-0.25, -0.2) is 0 Å². The summed E-state index contributed by atoms with van der Waals surface area (Å²) >= 11 is 0. The molecular weight excluding hydrogens is 167 g/mol. The number of alkyl halides is 3. The van der Waals surface area contributed by atoms with Crippen molar-refractivity contribution in [3.8, 4) is 0 Å². The summed E-state index contributed by atoms with van der Waals surface area (Å²) in [6.45, 7) is 5.76. The molecule has 0 bridgehead atoms. The standard InChI is InChI=1S/C8H10F3N/c1-6(8(9,10)11)4-5-7(2)12-3/h4-5H,3H2,1-2H3/b6-4+,7-5-. The highest BCUT2D eigenvalue weighted by Gasteiger charge is 2.29. The molecule has 0 aromatic carbocycles. The monoisotopic (exact) mass is 177 g/mol. The summed E-state index contributed by atoms with van der Waals surface area (Å²) < 4.78 is 35.6. The van der Waals surface area contributed by atoms with Crippen molar-refractivity contribution in [2.24, 2.45) is 4.99 Å². The van der Waals surface area contributed by atoms with Gasteiger partial charge >= 0.3 is 6.18 Å². The molecule has 0 aliphatic rings. The van der Waals surface area contributed by atoms with E-state index >= 15 is 0 Å². The molecule has 0 aromatic heterocycles. The lowest BCUT2D eigenvalue weighted by Crippen LogP contribution is -2.08. The van der Waals surface area contributed by atoms with Crippen LogP contribution in [0.15, 0.2) is 28.4 Å². The fourth-order valence-corrected chi connectivity index (χ4v) is 0.393. The predicted octanol–water partition coefficient (Wildman–Crippen LogP) is 3.10. The molecule has 0 heterocycles. The van der Waals surface area contributed by atoms with Crippen molar-refractivity contribution < 1.29 is 13.2 Å². The number of aliphatic imine (C=N–C) groups is 1. The van der Waals surface area contributed by atoms with Crippen LogP contribution in [0.1, 0.15) is 13.8 Å². The topological polar surface area (TPSA) is 12.4 Å². The number of nitrogens with zero attached hydrogens (tertiary/aromatic N) is 1. The molecule has 68 valence electrons. The van der Waals surface area contributed by atoms with Crippen molar-refractivity contribution in [2.45, 2.75) is 20.0 Å². The molecule has 1 nitrogen and oxygen atoms in total. The van der Waals surface area contributed by atoms with E-state index in [4.69, 9.17) is 0 Å². The van der Waals surface area contributed by atoms with Crippen LogP contribution >= 0.6 is 0 Å². The molecule has 0 saturated heterocycles. The van der Waals surface area contributed by atoms with Crippen molar-refractivity contribution in [2.75, 3.05) is 0 Å². The molecule has 0 aliphatic carbocycles. The van der Waals surface area contributed by atoms with Gasteiger partial charge in [0.1, 0.15) is 0 Å². The van der Waals surface area contributed by atoms with Crippen LogP contribution in [0, 0.1) is 0 Å².